The minimum atomic E-state index is -0.536. The van der Waals surface area contributed by atoms with Crippen LogP contribution in [0.2, 0.25) is 0 Å². The largest absolute Gasteiger partial charge is 0.463 e. The normalized spacial score (nSPS) is 14.9. The van der Waals surface area contributed by atoms with E-state index in [0.717, 1.165) is 5.56 Å². The maximum absolute atomic E-state index is 13.1. The molecule has 1 atom stereocenters. The number of esters is 1. The summed E-state index contributed by atoms with van der Waals surface area (Å²) in [7, 11) is 0. The van der Waals surface area contributed by atoms with Gasteiger partial charge in [-0.05, 0) is 31.5 Å². The summed E-state index contributed by atoms with van der Waals surface area (Å²) in [5, 5.41) is 15.7. The Kier molecular flexibility index (Phi) is 6.55. The molecule has 1 aliphatic rings. The van der Waals surface area contributed by atoms with E-state index < -0.39 is 17.6 Å². The number of ether oxygens (including phenoxy) is 1. The number of carbonyl (C=O) groups excluding carboxylic acids is 1. The molecular weight excluding hydrogens is 420 g/mol. The van der Waals surface area contributed by atoms with E-state index in [0.29, 0.717) is 34.2 Å². The van der Waals surface area contributed by atoms with Crippen LogP contribution in [0.25, 0.3) is 5.69 Å². The lowest BCUT2D eigenvalue weighted by molar-refractivity contribution is -0.138. The Hall–Kier alpha value is -3.91. The first kappa shape index (κ1) is 22.3. The molecule has 1 aliphatic heterocycles. The van der Waals surface area contributed by atoms with Crippen LogP contribution in [0.4, 0.5) is 11.6 Å². The Balaban J connectivity index is 2.05. The van der Waals surface area contributed by atoms with E-state index in [1.807, 2.05) is 60.7 Å². The second kappa shape index (κ2) is 9.70. The minimum Gasteiger partial charge on any atom is -0.463 e. The fourth-order valence-corrected chi connectivity index (χ4v) is 4.12. The molecule has 3 aromatic rings. The Morgan fingerprint density at radius 1 is 1.15 bits per heavy atom. The summed E-state index contributed by atoms with van der Waals surface area (Å²) in [4.78, 5) is 30.5. The van der Waals surface area contributed by atoms with E-state index >= 15 is 0 Å². The van der Waals surface area contributed by atoms with Crippen molar-refractivity contribution in [2.24, 2.45) is 0 Å². The second-order valence-electron chi connectivity index (χ2n) is 7.55. The number of rotatable bonds is 7. The zero-order valence-corrected chi connectivity index (χ0v) is 18.5. The number of nitrogens with zero attached hydrogens (tertiary/aromatic N) is 2. The highest BCUT2D eigenvalue weighted by molar-refractivity contribution is 5.95. The average Bonchev–Trinajstić information content (AvgIpc) is 2.83. The van der Waals surface area contributed by atoms with Crippen LogP contribution in [-0.2, 0) is 9.53 Å². The van der Waals surface area contributed by atoms with E-state index in [9.17, 15) is 14.7 Å². The summed E-state index contributed by atoms with van der Waals surface area (Å²) >= 11 is 0. The van der Waals surface area contributed by atoms with E-state index in [2.05, 4.69) is 15.6 Å². The number of anilines is 2. The smallest absolute Gasteiger partial charge is 0.355 e. The average molecular weight is 447 g/mol. The third-order valence-corrected chi connectivity index (χ3v) is 5.47. The monoisotopic (exact) mass is 446 g/mol. The lowest BCUT2D eigenvalue weighted by Gasteiger charge is -2.33. The first-order valence-corrected chi connectivity index (χ1v) is 10.8. The number of hydrogen-bond donors (Lipinski definition) is 3. The SMILES string of the molecule is CCOC(=O)C1=C(C)Nc2c(c(NCCO)nc(=O)n2-c2ccccc2)C1c1ccccc1. The Labute approximate surface area is 191 Å². The minimum absolute atomic E-state index is 0.138. The van der Waals surface area contributed by atoms with Gasteiger partial charge in [0.15, 0.2) is 0 Å². The molecule has 2 aromatic carbocycles. The number of fused-ring (bicyclic) bond motifs is 1. The van der Waals surface area contributed by atoms with Gasteiger partial charge in [0, 0.05) is 17.8 Å². The van der Waals surface area contributed by atoms with Crippen molar-refractivity contribution in [3.63, 3.8) is 0 Å². The standard InChI is InChI=1S/C25H26N4O4/c1-3-33-24(31)19-16(2)27-23-21(20(19)17-10-6-4-7-11-17)22(26-14-15-30)28-25(32)29(23)18-12-8-5-9-13-18/h4-13,20,27,30H,3,14-15H2,1-2H3,(H,26,28,32). The van der Waals surface area contributed by atoms with Gasteiger partial charge in [0.25, 0.3) is 0 Å². The molecule has 3 N–H and O–H groups in total. The molecule has 1 unspecified atom stereocenters. The van der Waals surface area contributed by atoms with Crippen molar-refractivity contribution in [2.45, 2.75) is 19.8 Å². The van der Waals surface area contributed by atoms with Crippen LogP contribution in [0.1, 0.15) is 30.9 Å². The fourth-order valence-electron chi connectivity index (χ4n) is 4.12. The molecule has 0 fully saturated rings. The van der Waals surface area contributed by atoms with Gasteiger partial charge >= 0.3 is 11.7 Å². The number of aliphatic hydroxyl groups is 1. The zero-order chi connectivity index (χ0) is 23.4. The highest BCUT2D eigenvalue weighted by Gasteiger charge is 2.37. The van der Waals surface area contributed by atoms with Gasteiger partial charge in [-0.15, -0.1) is 0 Å². The molecule has 2 heterocycles. The maximum atomic E-state index is 13.1. The summed E-state index contributed by atoms with van der Waals surface area (Å²) in [6.45, 7) is 3.86. The summed E-state index contributed by atoms with van der Waals surface area (Å²) in [5.74, 6) is -0.147. The van der Waals surface area contributed by atoms with Crippen molar-refractivity contribution < 1.29 is 14.6 Å². The number of benzene rings is 2. The molecule has 0 saturated carbocycles. The van der Waals surface area contributed by atoms with Crippen molar-refractivity contribution >= 4 is 17.6 Å². The number of allylic oxidation sites excluding steroid dienone is 1. The van der Waals surface area contributed by atoms with E-state index in [4.69, 9.17) is 4.74 Å². The lowest BCUT2D eigenvalue weighted by Crippen LogP contribution is -2.33. The first-order valence-electron chi connectivity index (χ1n) is 10.8. The third kappa shape index (κ3) is 4.25. The van der Waals surface area contributed by atoms with Gasteiger partial charge in [-0.25, -0.2) is 14.2 Å². The van der Waals surface area contributed by atoms with Crippen molar-refractivity contribution in [1.29, 1.82) is 0 Å². The van der Waals surface area contributed by atoms with Gasteiger partial charge in [0.1, 0.15) is 11.6 Å². The molecule has 8 heteroatoms. The number of hydrogen-bond acceptors (Lipinski definition) is 7. The molecule has 0 aliphatic carbocycles. The summed E-state index contributed by atoms with van der Waals surface area (Å²) < 4.78 is 6.89. The molecule has 0 radical (unpaired) electrons. The van der Waals surface area contributed by atoms with Crippen LogP contribution >= 0.6 is 0 Å². The van der Waals surface area contributed by atoms with Crippen LogP contribution in [0.3, 0.4) is 0 Å². The van der Waals surface area contributed by atoms with Crippen LogP contribution in [0.5, 0.6) is 0 Å². The first-order chi connectivity index (χ1) is 16.1. The van der Waals surface area contributed by atoms with E-state index in [1.54, 1.807) is 13.8 Å². The van der Waals surface area contributed by atoms with Crippen molar-refractivity contribution in [2.75, 3.05) is 30.4 Å². The van der Waals surface area contributed by atoms with Gasteiger partial charge < -0.3 is 20.5 Å². The number of nitrogens with one attached hydrogen (secondary N) is 2. The van der Waals surface area contributed by atoms with Crippen LogP contribution < -0.4 is 16.3 Å². The van der Waals surface area contributed by atoms with Crippen LogP contribution in [0.15, 0.2) is 76.7 Å². The molecule has 170 valence electrons. The predicted octanol–water partition coefficient (Wildman–Crippen LogP) is 3.03. The van der Waals surface area contributed by atoms with Crippen molar-refractivity contribution in [3.8, 4) is 5.69 Å². The Morgan fingerprint density at radius 2 is 1.82 bits per heavy atom. The second-order valence-corrected chi connectivity index (χ2v) is 7.55. The highest BCUT2D eigenvalue weighted by Crippen LogP contribution is 2.45. The zero-order valence-electron chi connectivity index (χ0n) is 18.5. The van der Waals surface area contributed by atoms with Crippen LogP contribution in [0, 0.1) is 0 Å². The molecule has 0 bridgehead atoms. The van der Waals surface area contributed by atoms with E-state index in [-0.39, 0.29) is 19.8 Å². The Bertz CT molecular complexity index is 1240. The number of aliphatic hydroxyl groups excluding tert-OH is 1. The van der Waals surface area contributed by atoms with Crippen LogP contribution in [-0.4, -0.2) is 40.4 Å². The molecule has 0 saturated heterocycles. The quantitative estimate of drug-likeness (QED) is 0.479. The molecule has 0 spiro atoms. The summed E-state index contributed by atoms with van der Waals surface area (Å²) in [6.07, 6.45) is 0. The van der Waals surface area contributed by atoms with Gasteiger partial charge in [-0.2, -0.15) is 4.98 Å². The molecule has 1 aromatic heterocycles. The van der Waals surface area contributed by atoms with Crippen molar-refractivity contribution in [3.05, 3.63) is 93.5 Å². The number of carbonyl (C=O) groups is 1. The summed E-state index contributed by atoms with van der Waals surface area (Å²) in [5.41, 5.74) is 2.70. The molecule has 0 amide bonds. The molecular formula is C25H26N4O4. The lowest BCUT2D eigenvalue weighted by atomic mass is 9.81. The van der Waals surface area contributed by atoms with Gasteiger partial charge in [-0.1, -0.05) is 48.5 Å². The Morgan fingerprint density at radius 3 is 2.45 bits per heavy atom. The predicted molar refractivity (Wildman–Crippen MR) is 127 cm³/mol. The van der Waals surface area contributed by atoms with Gasteiger partial charge in [-0.3, -0.25) is 0 Å². The van der Waals surface area contributed by atoms with Gasteiger partial charge in [0.05, 0.1) is 30.4 Å². The number of para-hydroxylation sites is 1. The van der Waals surface area contributed by atoms with Crippen molar-refractivity contribution in [1.82, 2.24) is 9.55 Å². The highest BCUT2D eigenvalue weighted by atomic mass is 16.5. The number of aromatic nitrogens is 2. The van der Waals surface area contributed by atoms with Gasteiger partial charge in [0.2, 0.25) is 0 Å². The van der Waals surface area contributed by atoms with E-state index in [1.165, 1.54) is 4.57 Å². The summed E-state index contributed by atoms with van der Waals surface area (Å²) in [6, 6.07) is 18.8. The third-order valence-electron chi connectivity index (χ3n) is 5.47. The fraction of sp³-hybridized carbons (Fsp3) is 0.240. The topological polar surface area (TPSA) is 105 Å². The maximum Gasteiger partial charge on any atom is 0.355 e. The molecule has 8 nitrogen and oxygen atoms in total. The molecule has 33 heavy (non-hydrogen) atoms. The molecule has 4 rings (SSSR count).